The number of fused-ring (bicyclic) bond motifs is 1. The van der Waals surface area contributed by atoms with E-state index in [1.165, 1.54) is 0 Å². The first-order chi connectivity index (χ1) is 13.7. The van der Waals surface area contributed by atoms with Crippen LogP contribution in [0.4, 0.5) is 5.69 Å². The molecule has 4 rings (SSSR count). The van der Waals surface area contributed by atoms with Gasteiger partial charge in [-0.1, -0.05) is 18.2 Å². The quantitative estimate of drug-likeness (QED) is 0.704. The molecule has 2 aromatic heterocycles. The number of nitrogens with zero attached hydrogens (tertiary/aromatic N) is 4. The second-order valence-corrected chi connectivity index (χ2v) is 6.64. The molecule has 1 saturated heterocycles. The fraction of sp³-hybridized carbons (Fsp3) is 0.350. The summed E-state index contributed by atoms with van der Waals surface area (Å²) in [6.07, 6.45) is 3.48. The summed E-state index contributed by atoms with van der Waals surface area (Å²) in [6, 6.07) is 9.44. The molecule has 0 atom stereocenters. The lowest BCUT2D eigenvalue weighted by Crippen LogP contribution is -2.38. The summed E-state index contributed by atoms with van der Waals surface area (Å²) >= 11 is 0. The molecule has 1 N–H and O–H groups in total. The van der Waals surface area contributed by atoms with Crippen LogP contribution in [0.2, 0.25) is 0 Å². The number of hydrogen-bond donors (Lipinski definition) is 1. The van der Waals surface area contributed by atoms with E-state index in [9.17, 15) is 4.79 Å². The fourth-order valence-corrected chi connectivity index (χ4v) is 3.25. The van der Waals surface area contributed by atoms with Gasteiger partial charge in [-0.2, -0.15) is 5.10 Å². The lowest BCUT2D eigenvalue weighted by Gasteiger charge is -2.26. The Bertz CT molecular complexity index is 965. The number of carbonyl (C=O) groups is 1. The van der Waals surface area contributed by atoms with Crippen LogP contribution in [-0.2, 0) is 11.3 Å². The van der Waals surface area contributed by atoms with Gasteiger partial charge < -0.3 is 14.8 Å². The molecule has 0 bridgehead atoms. The molecule has 0 aliphatic carbocycles. The lowest BCUT2D eigenvalue weighted by molar-refractivity contribution is 0.0360. The van der Waals surface area contributed by atoms with Crippen molar-refractivity contribution in [2.45, 2.75) is 6.54 Å². The van der Waals surface area contributed by atoms with Crippen LogP contribution in [0.15, 0.2) is 42.7 Å². The van der Waals surface area contributed by atoms with Gasteiger partial charge in [-0.05, 0) is 17.5 Å². The molecule has 0 saturated carbocycles. The molecule has 1 aliphatic heterocycles. The van der Waals surface area contributed by atoms with E-state index in [4.69, 9.17) is 9.47 Å². The maximum atomic E-state index is 12.7. The maximum Gasteiger partial charge on any atom is 0.274 e. The van der Waals surface area contributed by atoms with Crippen molar-refractivity contribution in [3.63, 3.8) is 0 Å². The number of amides is 1. The zero-order valence-electron chi connectivity index (χ0n) is 15.8. The Kier molecular flexibility index (Phi) is 5.50. The molecule has 1 aliphatic rings. The van der Waals surface area contributed by atoms with Crippen molar-refractivity contribution in [2.75, 3.05) is 45.3 Å². The normalized spacial score (nSPS) is 14.9. The van der Waals surface area contributed by atoms with Crippen LogP contribution >= 0.6 is 0 Å². The first kappa shape index (κ1) is 18.4. The number of aromatic nitrogens is 3. The summed E-state index contributed by atoms with van der Waals surface area (Å²) < 4.78 is 12.5. The van der Waals surface area contributed by atoms with Crippen molar-refractivity contribution < 1.29 is 14.3 Å². The van der Waals surface area contributed by atoms with Gasteiger partial charge in [-0.3, -0.25) is 14.4 Å². The Morgan fingerprint density at radius 3 is 2.89 bits per heavy atom. The number of nitrogens with one attached hydrogen (secondary N) is 1. The molecular formula is C20H23N5O3. The van der Waals surface area contributed by atoms with Crippen LogP contribution in [0.3, 0.4) is 0 Å². The number of methoxy groups -OCH3 is 1. The van der Waals surface area contributed by atoms with Gasteiger partial charge >= 0.3 is 0 Å². The Hall–Kier alpha value is -2.97. The molecule has 1 amide bonds. The summed E-state index contributed by atoms with van der Waals surface area (Å²) in [5.41, 5.74) is 0.942. The summed E-state index contributed by atoms with van der Waals surface area (Å²) in [7, 11) is 1.55. The third-order valence-electron chi connectivity index (χ3n) is 4.77. The first-order valence-electron chi connectivity index (χ1n) is 9.30. The maximum absolute atomic E-state index is 12.7. The average Bonchev–Trinajstić information content (AvgIpc) is 3.19. The second kappa shape index (κ2) is 8.37. The molecule has 146 valence electrons. The minimum Gasteiger partial charge on any atom is -0.481 e. The van der Waals surface area contributed by atoms with Crippen LogP contribution in [0.5, 0.6) is 5.88 Å². The van der Waals surface area contributed by atoms with Gasteiger partial charge in [-0.15, -0.1) is 0 Å². The van der Waals surface area contributed by atoms with Gasteiger partial charge in [0.2, 0.25) is 5.88 Å². The van der Waals surface area contributed by atoms with Gasteiger partial charge in [0.25, 0.3) is 5.91 Å². The van der Waals surface area contributed by atoms with Crippen molar-refractivity contribution in [2.24, 2.45) is 0 Å². The molecule has 8 heteroatoms. The number of hydrogen-bond acceptors (Lipinski definition) is 6. The fourth-order valence-electron chi connectivity index (χ4n) is 3.25. The highest BCUT2D eigenvalue weighted by atomic mass is 16.5. The molecule has 0 radical (unpaired) electrons. The van der Waals surface area contributed by atoms with Crippen molar-refractivity contribution in [1.82, 2.24) is 19.7 Å². The number of pyridine rings is 1. The van der Waals surface area contributed by atoms with Gasteiger partial charge in [0, 0.05) is 31.2 Å². The minimum absolute atomic E-state index is 0.295. The van der Waals surface area contributed by atoms with Crippen molar-refractivity contribution in [3.05, 3.63) is 48.4 Å². The van der Waals surface area contributed by atoms with E-state index in [1.807, 2.05) is 35.1 Å². The van der Waals surface area contributed by atoms with E-state index in [1.54, 1.807) is 19.4 Å². The first-order valence-corrected chi connectivity index (χ1v) is 9.30. The summed E-state index contributed by atoms with van der Waals surface area (Å²) in [5.74, 6) is 0.140. The molecule has 3 aromatic rings. The zero-order chi connectivity index (χ0) is 19.3. The molecule has 8 nitrogen and oxygen atoms in total. The Balaban J connectivity index is 1.42. The Morgan fingerprint density at radius 1 is 1.25 bits per heavy atom. The molecule has 0 unspecified atom stereocenters. The summed E-state index contributed by atoms with van der Waals surface area (Å²) in [5, 5.41) is 8.96. The van der Waals surface area contributed by atoms with Gasteiger partial charge in [0.15, 0.2) is 0 Å². The van der Waals surface area contributed by atoms with E-state index in [-0.39, 0.29) is 5.91 Å². The van der Waals surface area contributed by atoms with E-state index < -0.39 is 0 Å². The number of morpholine rings is 1. The average molecular weight is 381 g/mol. The molecule has 0 spiro atoms. The summed E-state index contributed by atoms with van der Waals surface area (Å²) in [4.78, 5) is 19.3. The van der Waals surface area contributed by atoms with E-state index in [2.05, 4.69) is 20.3 Å². The number of benzene rings is 1. The Morgan fingerprint density at radius 2 is 2.07 bits per heavy atom. The SMILES string of the molecule is COc1nc(C(=O)Nc2cnn(CCN3CCOCC3)c2)cc2ccccc12. The van der Waals surface area contributed by atoms with Crippen LogP contribution in [0, 0.1) is 0 Å². The minimum atomic E-state index is -0.295. The smallest absolute Gasteiger partial charge is 0.274 e. The Labute approximate surface area is 163 Å². The van der Waals surface area contributed by atoms with Gasteiger partial charge in [0.1, 0.15) is 5.69 Å². The van der Waals surface area contributed by atoms with Crippen molar-refractivity contribution in [3.8, 4) is 5.88 Å². The predicted octanol–water partition coefficient (Wildman–Crippen LogP) is 2.02. The topological polar surface area (TPSA) is 81.5 Å². The molecule has 28 heavy (non-hydrogen) atoms. The second-order valence-electron chi connectivity index (χ2n) is 6.64. The van der Waals surface area contributed by atoms with Crippen LogP contribution in [0.25, 0.3) is 10.8 Å². The molecule has 3 heterocycles. The van der Waals surface area contributed by atoms with Gasteiger partial charge in [-0.25, -0.2) is 4.98 Å². The standard InChI is InChI=1S/C20H23N5O3/c1-27-20-17-5-3-2-4-15(17)12-18(23-20)19(26)22-16-13-21-25(14-16)7-6-24-8-10-28-11-9-24/h2-5,12-14H,6-11H2,1H3,(H,22,26). The van der Waals surface area contributed by atoms with E-state index in [0.717, 1.165) is 50.2 Å². The lowest BCUT2D eigenvalue weighted by atomic mass is 10.1. The molecule has 1 aromatic carbocycles. The highest BCUT2D eigenvalue weighted by molar-refractivity contribution is 6.05. The van der Waals surface area contributed by atoms with E-state index in [0.29, 0.717) is 17.3 Å². The number of ether oxygens (including phenoxy) is 2. The largest absolute Gasteiger partial charge is 0.481 e. The van der Waals surface area contributed by atoms with Crippen LogP contribution in [0.1, 0.15) is 10.5 Å². The third kappa shape index (κ3) is 4.13. The van der Waals surface area contributed by atoms with Crippen molar-refractivity contribution in [1.29, 1.82) is 0 Å². The number of carbonyl (C=O) groups excluding carboxylic acids is 1. The number of rotatable bonds is 6. The predicted molar refractivity (Wildman–Crippen MR) is 106 cm³/mol. The molecular weight excluding hydrogens is 358 g/mol. The number of anilines is 1. The third-order valence-corrected chi connectivity index (χ3v) is 4.77. The van der Waals surface area contributed by atoms with Crippen LogP contribution in [-0.4, -0.2) is 65.5 Å². The highest BCUT2D eigenvalue weighted by Gasteiger charge is 2.14. The van der Waals surface area contributed by atoms with Gasteiger partial charge in [0.05, 0.1) is 38.8 Å². The molecule has 1 fully saturated rings. The van der Waals surface area contributed by atoms with Crippen LogP contribution < -0.4 is 10.1 Å². The zero-order valence-corrected chi connectivity index (χ0v) is 15.8. The van der Waals surface area contributed by atoms with E-state index >= 15 is 0 Å². The highest BCUT2D eigenvalue weighted by Crippen LogP contribution is 2.24. The monoisotopic (exact) mass is 381 g/mol. The van der Waals surface area contributed by atoms with Crippen molar-refractivity contribution >= 4 is 22.4 Å². The summed E-state index contributed by atoms with van der Waals surface area (Å²) in [6.45, 7) is 5.12.